The molecular formula is C17H24N6. The number of benzene rings is 1. The highest BCUT2D eigenvalue weighted by molar-refractivity contribution is 5.14. The molecule has 1 saturated carbocycles. The first kappa shape index (κ1) is 14.8. The Bertz CT molecular complexity index is 621. The van der Waals surface area contributed by atoms with E-state index in [0.29, 0.717) is 6.04 Å². The van der Waals surface area contributed by atoms with Crippen molar-refractivity contribution in [2.45, 2.75) is 38.4 Å². The van der Waals surface area contributed by atoms with Crippen LogP contribution in [-0.4, -0.2) is 56.2 Å². The molecule has 2 fully saturated rings. The molecule has 6 nitrogen and oxygen atoms in total. The van der Waals surface area contributed by atoms with Crippen molar-refractivity contribution in [1.29, 1.82) is 0 Å². The topological polar surface area (TPSA) is 50.1 Å². The molecule has 0 amide bonds. The molecule has 0 atom stereocenters. The van der Waals surface area contributed by atoms with Crippen molar-refractivity contribution < 1.29 is 0 Å². The van der Waals surface area contributed by atoms with E-state index in [1.807, 2.05) is 4.68 Å². The van der Waals surface area contributed by atoms with Gasteiger partial charge in [-0.05, 0) is 48.3 Å². The maximum atomic E-state index is 4.24. The Kier molecular flexibility index (Phi) is 4.35. The average Bonchev–Trinajstić information content (AvgIpc) is 3.35. The molecule has 23 heavy (non-hydrogen) atoms. The van der Waals surface area contributed by atoms with Crippen molar-refractivity contribution in [2.24, 2.45) is 0 Å². The highest BCUT2D eigenvalue weighted by Crippen LogP contribution is 2.34. The Labute approximate surface area is 137 Å². The lowest BCUT2D eigenvalue weighted by atomic mass is 10.2. The van der Waals surface area contributed by atoms with Gasteiger partial charge in [-0.15, -0.1) is 5.10 Å². The third-order valence-electron chi connectivity index (χ3n) is 4.75. The van der Waals surface area contributed by atoms with Crippen molar-refractivity contribution in [3.8, 4) is 0 Å². The van der Waals surface area contributed by atoms with Crippen molar-refractivity contribution in [1.82, 2.24) is 30.0 Å². The van der Waals surface area contributed by atoms with Crippen LogP contribution in [0.1, 0.15) is 36.7 Å². The Hall–Kier alpha value is -1.79. The van der Waals surface area contributed by atoms with E-state index in [-0.39, 0.29) is 0 Å². The summed E-state index contributed by atoms with van der Waals surface area (Å²) in [6, 6.07) is 11.3. The summed E-state index contributed by atoms with van der Waals surface area (Å²) in [5.41, 5.74) is 1.40. The zero-order valence-corrected chi connectivity index (χ0v) is 13.5. The highest BCUT2D eigenvalue weighted by Gasteiger charge is 2.28. The predicted molar refractivity (Wildman–Crippen MR) is 87.7 cm³/mol. The minimum absolute atomic E-state index is 0.557. The average molecular weight is 312 g/mol. The van der Waals surface area contributed by atoms with E-state index in [0.717, 1.165) is 38.5 Å². The number of aromatic nitrogens is 4. The van der Waals surface area contributed by atoms with Crippen LogP contribution in [0.25, 0.3) is 0 Å². The first-order valence-corrected chi connectivity index (χ1v) is 8.64. The number of nitrogens with zero attached hydrogens (tertiary/aromatic N) is 6. The van der Waals surface area contributed by atoms with Crippen LogP contribution in [0.2, 0.25) is 0 Å². The molecule has 2 aromatic rings. The van der Waals surface area contributed by atoms with Crippen LogP contribution in [0.5, 0.6) is 0 Å². The zero-order valence-electron chi connectivity index (χ0n) is 13.5. The number of tetrazole rings is 1. The number of hydrogen-bond acceptors (Lipinski definition) is 5. The largest absolute Gasteiger partial charge is 0.298 e. The maximum Gasteiger partial charge on any atom is 0.165 e. The second-order valence-electron chi connectivity index (χ2n) is 6.66. The summed E-state index contributed by atoms with van der Waals surface area (Å²) in [4.78, 5) is 5.05. The smallest absolute Gasteiger partial charge is 0.165 e. The minimum atomic E-state index is 0.557. The van der Waals surface area contributed by atoms with Gasteiger partial charge in [-0.3, -0.25) is 9.80 Å². The van der Waals surface area contributed by atoms with E-state index in [4.69, 9.17) is 0 Å². The van der Waals surface area contributed by atoms with Crippen LogP contribution < -0.4 is 0 Å². The fraction of sp³-hybridized carbons (Fsp3) is 0.588. The molecule has 1 aromatic carbocycles. The van der Waals surface area contributed by atoms with E-state index >= 15 is 0 Å². The van der Waals surface area contributed by atoms with Crippen molar-refractivity contribution >= 4 is 0 Å². The number of rotatable bonds is 5. The van der Waals surface area contributed by atoms with Gasteiger partial charge in [-0.1, -0.05) is 30.3 Å². The first-order chi connectivity index (χ1) is 11.4. The van der Waals surface area contributed by atoms with E-state index in [9.17, 15) is 0 Å². The lowest BCUT2D eigenvalue weighted by Crippen LogP contribution is -2.31. The van der Waals surface area contributed by atoms with Crippen molar-refractivity contribution in [3.05, 3.63) is 41.7 Å². The highest BCUT2D eigenvalue weighted by atomic mass is 15.6. The van der Waals surface area contributed by atoms with Gasteiger partial charge in [0.25, 0.3) is 0 Å². The van der Waals surface area contributed by atoms with Crippen molar-refractivity contribution in [2.75, 3.05) is 26.2 Å². The lowest BCUT2D eigenvalue weighted by Gasteiger charge is -2.21. The molecular weight excluding hydrogens is 288 g/mol. The molecule has 2 aliphatic rings. The monoisotopic (exact) mass is 312 g/mol. The molecule has 1 aliphatic heterocycles. The van der Waals surface area contributed by atoms with Gasteiger partial charge in [-0.2, -0.15) is 0 Å². The fourth-order valence-electron chi connectivity index (χ4n) is 3.30. The summed E-state index contributed by atoms with van der Waals surface area (Å²) < 4.78 is 2.03. The van der Waals surface area contributed by atoms with Gasteiger partial charge in [0.2, 0.25) is 0 Å². The molecule has 1 aromatic heterocycles. The lowest BCUT2D eigenvalue weighted by molar-refractivity contribution is 0.240. The Morgan fingerprint density at radius 1 is 0.913 bits per heavy atom. The summed E-state index contributed by atoms with van der Waals surface area (Å²) in [6.07, 6.45) is 3.66. The Morgan fingerprint density at radius 3 is 2.39 bits per heavy atom. The molecule has 0 bridgehead atoms. The Balaban J connectivity index is 1.33. The third kappa shape index (κ3) is 3.76. The SMILES string of the molecule is c1ccc(CN2CCCN(Cc3nnnn3C3CC3)CC2)cc1. The van der Waals surface area contributed by atoms with Gasteiger partial charge in [0.1, 0.15) is 0 Å². The van der Waals surface area contributed by atoms with Crippen LogP contribution >= 0.6 is 0 Å². The molecule has 6 heteroatoms. The molecule has 0 spiro atoms. The summed E-state index contributed by atoms with van der Waals surface area (Å²) in [6.45, 7) is 6.42. The molecule has 0 N–H and O–H groups in total. The summed E-state index contributed by atoms with van der Waals surface area (Å²) in [5.74, 6) is 1.03. The fourth-order valence-corrected chi connectivity index (χ4v) is 3.30. The molecule has 1 aliphatic carbocycles. The Morgan fingerprint density at radius 2 is 1.65 bits per heavy atom. The standard InChI is InChI=1S/C17H24N6/c1-2-5-15(6-3-1)13-21-9-4-10-22(12-11-21)14-17-18-19-20-23(17)16-7-8-16/h1-3,5-6,16H,4,7-14H2. The molecule has 0 unspecified atom stereocenters. The van der Waals surface area contributed by atoms with Gasteiger partial charge >= 0.3 is 0 Å². The normalized spacial score (nSPS) is 20.5. The van der Waals surface area contributed by atoms with E-state index < -0.39 is 0 Å². The summed E-state index contributed by atoms with van der Waals surface area (Å²) >= 11 is 0. The summed E-state index contributed by atoms with van der Waals surface area (Å²) in [7, 11) is 0. The van der Waals surface area contributed by atoms with Crippen LogP contribution in [0.4, 0.5) is 0 Å². The third-order valence-corrected chi connectivity index (χ3v) is 4.75. The van der Waals surface area contributed by atoms with Gasteiger partial charge < -0.3 is 0 Å². The van der Waals surface area contributed by atoms with E-state index in [1.54, 1.807) is 0 Å². The predicted octanol–water partition coefficient (Wildman–Crippen LogP) is 1.72. The molecule has 0 radical (unpaired) electrons. The van der Waals surface area contributed by atoms with Crippen molar-refractivity contribution in [3.63, 3.8) is 0 Å². The van der Waals surface area contributed by atoms with Crippen LogP contribution in [0.3, 0.4) is 0 Å². The minimum Gasteiger partial charge on any atom is -0.298 e. The molecule has 1 saturated heterocycles. The van der Waals surface area contributed by atoms with Crippen LogP contribution in [0.15, 0.2) is 30.3 Å². The molecule has 2 heterocycles. The second kappa shape index (κ2) is 6.76. The van der Waals surface area contributed by atoms with E-state index in [1.165, 1.54) is 31.4 Å². The molecule has 4 rings (SSSR count). The van der Waals surface area contributed by atoms with E-state index in [2.05, 4.69) is 55.7 Å². The number of hydrogen-bond donors (Lipinski definition) is 0. The van der Waals surface area contributed by atoms with Gasteiger partial charge in [0.05, 0.1) is 12.6 Å². The summed E-state index contributed by atoms with van der Waals surface area (Å²) in [5, 5.41) is 12.3. The van der Waals surface area contributed by atoms with Crippen LogP contribution in [-0.2, 0) is 13.1 Å². The van der Waals surface area contributed by atoms with Gasteiger partial charge in [0.15, 0.2) is 5.82 Å². The quantitative estimate of drug-likeness (QED) is 0.841. The first-order valence-electron chi connectivity index (χ1n) is 8.64. The second-order valence-corrected chi connectivity index (χ2v) is 6.66. The zero-order chi connectivity index (χ0) is 15.5. The van der Waals surface area contributed by atoms with Gasteiger partial charge in [0, 0.05) is 19.6 Å². The maximum absolute atomic E-state index is 4.24. The van der Waals surface area contributed by atoms with Crippen LogP contribution in [0, 0.1) is 0 Å². The molecule has 122 valence electrons. The van der Waals surface area contributed by atoms with Gasteiger partial charge in [-0.25, -0.2) is 4.68 Å².